The number of unbranched alkanes of at least 4 members (excludes halogenated alkanes) is 1. The first-order chi connectivity index (χ1) is 22.7. The zero-order valence-corrected chi connectivity index (χ0v) is 27.3. The third kappa shape index (κ3) is 10.8. The van der Waals surface area contributed by atoms with Crippen molar-refractivity contribution in [2.75, 3.05) is 13.1 Å². The van der Waals surface area contributed by atoms with E-state index in [9.17, 15) is 24.6 Å². The van der Waals surface area contributed by atoms with Crippen molar-refractivity contribution in [3.63, 3.8) is 0 Å². The zero-order chi connectivity index (χ0) is 33.6. The van der Waals surface area contributed by atoms with Crippen LogP contribution in [0.25, 0.3) is 11.1 Å². The Labute approximate surface area is 278 Å². The number of nitrogens with zero attached hydrogens (tertiary/aromatic N) is 1. The molecule has 7 nitrogen and oxygen atoms in total. The average molecular weight is 635 g/mol. The molecule has 47 heavy (non-hydrogen) atoms. The molecule has 0 bridgehead atoms. The molecule has 0 fully saturated rings. The summed E-state index contributed by atoms with van der Waals surface area (Å²) in [4.78, 5) is 40.5. The lowest BCUT2D eigenvalue weighted by molar-refractivity contribution is -0.143. The molecule has 4 aromatic carbocycles. The molecule has 0 heterocycles. The van der Waals surface area contributed by atoms with E-state index in [1.165, 1.54) is 10.5 Å². The van der Waals surface area contributed by atoms with Crippen LogP contribution >= 0.6 is 0 Å². The third-order valence-electron chi connectivity index (χ3n) is 8.47. The van der Waals surface area contributed by atoms with Gasteiger partial charge in [0.25, 0.3) is 0 Å². The molecule has 0 aliphatic rings. The van der Waals surface area contributed by atoms with Gasteiger partial charge in [-0.25, -0.2) is 9.59 Å². The lowest BCUT2D eigenvalue weighted by Gasteiger charge is -2.31. The smallest absolute Gasteiger partial charge is 0.326 e. The second-order valence-corrected chi connectivity index (χ2v) is 12.6. The van der Waals surface area contributed by atoms with Gasteiger partial charge in [-0.15, -0.1) is 0 Å². The number of carbonyl (C=O) groups excluding carboxylic acids is 1. The topological polar surface area (TPSA) is 107 Å². The summed E-state index contributed by atoms with van der Waals surface area (Å²) in [6.45, 7) is 4.22. The predicted molar refractivity (Wildman–Crippen MR) is 186 cm³/mol. The van der Waals surface area contributed by atoms with E-state index in [1.807, 2.05) is 117 Å². The molecule has 0 saturated heterocycles. The Morgan fingerprint density at radius 1 is 0.660 bits per heavy atom. The molecular formula is C40H46N2O5. The van der Waals surface area contributed by atoms with Crippen molar-refractivity contribution in [2.45, 2.75) is 57.9 Å². The van der Waals surface area contributed by atoms with Crippen LogP contribution in [0.2, 0.25) is 0 Å². The molecule has 0 aliphatic carbocycles. The maximum atomic E-state index is 13.9. The Balaban J connectivity index is 1.53. The molecule has 4 rings (SSSR count). The largest absolute Gasteiger partial charge is 0.481 e. The fourth-order valence-corrected chi connectivity index (χ4v) is 6.01. The first-order valence-corrected chi connectivity index (χ1v) is 16.5. The van der Waals surface area contributed by atoms with Gasteiger partial charge in [-0.1, -0.05) is 136 Å². The van der Waals surface area contributed by atoms with Crippen molar-refractivity contribution >= 4 is 18.0 Å². The molecule has 3 atom stereocenters. The molecule has 0 aromatic heterocycles. The maximum absolute atomic E-state index is 13.9. The van der Waals surface area contributed by atoms with Gasteiger partial charge in [0.1, 0.15) is 6.04 Å². The molecular weight excluding hydrogens is 588 g/mol. The minimum Gasteiger partial charge on any atom is -0.481 e. The monoisotopic (exact) mass is 634 g/mol. The molecule has 0 saturated carbocycles. The predicted octanol–water partition coefficient (Wildman–Crippen LogP) is 7.91. The summed E-state index contributed by atoms with van der Waals surface area (Å²) in [5.41, 5.74) is 5.01. The first-order valence-electron chi connectivity index (χ1n) is 16.5. The van der Waals surface area contributed by atoms with Crippen LogP contribution in [0.15, 0.2) is 115 Å². The van der Waals surface area contributed by atoms with E-state index in [0.717, 1.165) is 35.1 Å². The van der Waals surface area contributed by atoms with E-state index in [2.05, 4.69) is 17.4 Å². The molecule has 3 N–H and O–H groups in total. The number of urea groups is 1. The molecule has 4 aromatic rings. The van der Waals surface area contributed by atoms with E-state index >= 15 is 0 Å². The number of hydrogen-bond acceptors (Lipinski definition) is 3. The van der Waals surface area contributed by atoms with E-state index < -0.39 is 35.8 Å². The van der Waals surface area contributed by atoms with Crippen LogP contribution in [0.4, 0.5) is 4.79 Å². The van der Waals surface area contributed by atoms with Crippen LogP contribution in [0.3, 0.4) is 0 Å². The number of nitrogens with one attached hydrogen (secondary N) is 1. The maximum Gasteiger partial charge on any atom is 0.326 e. The molecule has 0 spiro atoms. The number of hydrogen-bond donors (Lipinski definition) is 3. The van der Waals surface area contributed by atoms with Crippen LogP contribution in [0.5, 0.6) is 0 Å². The third-order valence-corrected chi connectivity index (χ3v) is 8.47. The Kier molecular flexibility index (Phi) is 13.2. The first kappa shape index (κ1) is 35.0. The minimum atomic E-state index is -1.24. The van der Waals surface area contributed by atoms with E-state index in [1.54, 1.807) is 0 Å². The molecule has 0 radical (unpaired) electrons. The number of aryl methyl sites for hydroxylation is 1. The van der Waals surface area contributed by atoms with Crippen LogP contribution in [0, 0.1) is 11.8 Å². The second kappa shape index (κ2) is 17.7. The number of rotatable bonds is 17. The number of aliphatic carboxylic acids is 2. The molecule has 7 heteroatoms. The number of carbonyl (C=O) groups is 3. The van der Waals surface area contributed by atoms with Crippen molar-refractivity contribution in [1.29, 1.82) is 0 Å². The van der Waals surface area contributed by atoms with Gasteiger partial charge in [0.2, 0.25) is 0 Å². The van der Waals surface area contributed by atoms with E-state index in [-0.39, 0.29) is 12.5 Å². The summed E-state index contributed by atoms with van der Waals surface area (Å²) >= 11 is 0. The van der Waals surface area contributed by atoms with Gasteiger partial charge in [-0.05, 0) is 59.4 Å². The quantitative estimate of drug-likeness (QED) is 0.102. The Hall–Kier alpha value is -4.91. The lowest BCUT2D eigenvalue weighted by Crippen LogP contribution is -2.53. The lowest BCUT2D eigenvalue weighted by atomic mass is 9.85. The number of benzene rings is 4. The van der Waals surface area contributed by atoms with Crippen molar-refractivity contribution in [3.8, 4) is 11.1 Å². The average Bonchev–Trinajstić information content (AvgIpc) is 3.08. The summed E-state index contributed by atoms with van der Waals surface area (Å²) in [7, 11) is 0. The summed E-state index contributed by atoms with van der Waals surface area (Å²) in [5.74, 6) is -3.38. The minimum absolute atomic E-state index is 0.00610. The number of carboxylic acids is 2. The molecule has 2 amide bonds. The highest BCUT2D eigenvalue weighted by molar-refractivity contribution is 5.84. The van der Waals surface area contributed by atoms with Crippen LogP contribution < -0.4 is 5.32 Å². The van der Waals surface area contributed by atoms with Crippen molar-refractivity contribution in [3.05, 3.63) is 132 Å². The van der Waals surface area contributed by atoms with Gasteiger partial charge in [-0.2, -0.15) is 0 Å². The summed E-state index contributed by atoms with van der Waals surface area (Å²) < 4.78 is 0. The van der Waals surface area contributed by atoms with Gasteiger partial charge >= 0.3 is 18.0 Å². The van der Waals surface area contributed by atoms with Crippen molar-refractivity contribution in [1.82, 2.24) is 10.2 Å². The summed E-state index contributed by atoms with van der Waals surface area (Å²) in [5, 5.41) is 23.4. The van der Waals surface area contributed by atoms with Crippen LogP contribution in [0.1, 0.15) is 55.7 Å². The molecule has 0 aliphatic heterocycles. The Morgan fingerprint density at radius 2 is 1.21 bits per heavy atom. The van der Waals surface area contributed by atoms with Gasteiger partial charge in [0.15, 0.2) is 0 Å². The van der Waals surface area contributed by atoms with E-state index in [0.29, 0.717) is 25.8 Å². The van der Waals surface area contributed by atoms with Gasteiger partial charge in [-0.3, -0.25) is 4.79 Å². The SMILES string of the molecule is CC(C)CN(C[C@H](CCCCc1ccccc1)C(=O)O)C(=O)N[C@H](C(=O)O)C(Cc1ccccc1)c1ccc(-c2ccccc2)cc1. The van der Waals surface area contributed by atoms with Crippen molar-refractivity contribution < 1.29 is 24.6 Å². The van der Waals surface area contributed by atoms with Gasteiger partial charge in [0, 0.05) is 19.0 Å². The summed E-state index contributed by atoms with van der Waals surface area (Å²) in [6.07, 6.45) is 3.23. The number of carboxylic acid groups (broad SMARTS) is 2. The van der Waals surface area contributed by atoms with Crippen molar-refractivity contribution in [2.24, 2.45) is 11.8 Å². The molecule has 246 valence electrons. The fraction of sp³-hybridized carbons (Fsp3) is 0.325. The Bertz CT molecular complexity index is 1540. The summed E-state index contributed by atoms with van der Waals surface area (Å²) in [6, 6.07) is 35.7. The van der Waals surface area contributed by atoms with E-state index in [4.69, 9.17) is 0 Å². The van der Waals surface area contributed by atoms with Gasteiger partial charge < -0.3 is 20.4 Å². The van der Waals surface area contributed by atoms with Gasteiger partial charge in [0.05, 0.1) is 5.92 Å². The zero-order valence-electron chi connectivity index (χ0n) is 27.3. The standard InChI is InChI=1S/C40H46N2O5/c1-29(2)27-42(28-35(38(43)44)21-13-12-16-30-14-6-3-7-15-30)40(47)41-37(39(45)46)36(26-31-17-8-4-9-18-31)34-24-22-33(23-25-34)32-19-10-5-11-20-32/h3-11,14-15,17-20,22-25,29,35-37H,12-13,16,21,26-28H2,1-2H3,(H,41,47)(H,43,44)(H,45,46)/t35-,36?,37-/m0/s1. The normalized spacial score (nSPS) is 13.0. The number of amides is 2. The van der Waals surface area contributed by atoms with Crippen LogP contribution in [-0.2, 0) is 22.4 Å². The van der Waals surface area contributed by atoms with Crippen LogP contribution in [-0.4, -0.2) is 52.2 Å². The highest BCUT2D eigenvalue weighted by atomic mass is 16.4. The Morgan fingerprint density at radius 3 is 1.77 bits per heavy atom. The highest BCUT2D eigenvalue weighted by Gasteiger charge is 2.34. The molecule has 1 unspecified atom stereocenters. The fourth-order valence-electron chi connectivity index (χ4n) is 6.01. The highest BCUT2D eigenvalue weighted by Crippen LogP contribution is 2.28. The second-order valence-electron chi connectivity index (χ2n) is 12.6.